The highest BCUT2D eigenvalue weighted by molar-refractivity contribution is 7.99. The maximum absolute atomic E-state index is 13.1. The van der Waals surface area contributed by atoms with E-state index in [1.165, 1.54) is 36.0 Å². The summed E-state index contributed by atoms with van der Waals surface area (Å²) in [5.41, 5.74) is 2.78. The van der Waals surface area contributed by atoms with E-state index in [1.807, 2.05) is 47.0 Å². The maximum Gasteiger partial charge on any atom is 0.251 e. The predicted octanol–water partition coefficient (Wildman–Crippen LogP) is 4.92. The van der Waals surface area contributed by atoms with Gasteiger partial charge in [-0.3, -0.25) is 14.2 Å². The molecule has 0 radical (unpaired) electrons. The molecule has 0 aliphatic rings. The molecular weight excluding hydrogens is 425 g/mol. The van der Waals surface area contributed by atoms with Crippen molar-refractivity contribution in [3.05, 3.63) is 114 Å². The monoisotopic (exact) mass is 445 g/mol. The molecule has 0 fully saturated rings. The van der Waals surface area contributed by atoms with Crippen LogP contribution in [0.1, 0.15) is 26.3 Å². The molecule has 160 valence electrons. The molecule has 5 nitrogen and oxygen atoms in total. The average molecular weight is 446 g/mol. The zero-order valence-corrected chi connectivity index (χ0v) is 17.9. The molecule has 1 aromatic heterocycles. The molecule has 0 saturated heterocycles. The van der Waals surface area contributed by atoms with E-state index >= 15 is 0 Å². The Morgan fingerprint density at radius 3 is 2.50 bits per heavy atom. The Balaban J connectivity index is 1.43. The van der Waals surface area contributed by atoms with Gasteiger partial charge < -0.3 is 5.32 Å². The lowest BCUT2D eigenvalue weighted by Crippen LogP contribution is -2.22. The molecule has 7 heteroatoms. The number of imidazole rings is 1. The zero-order valence-electron chi connectivity index (χ0n) is 17.1. The topological polar surface area (TPSA) is 64.0 Å². The Hall–Kier alpha value is -3.71. The average Bonchev–Trinajstić information content (AvgIpc) is 3.31. The predicted molar refractivity (Wildman–Crippen MR) is 123 cm³/mol. The van der Waals surface area contributed by atoms with E-state index in [4.69, 9.17) is 0 Å². The number of carbonyl (C=O) groups is 2. The van der Waals surface area contributed by atoms with Crippen molar-refractivity contribution in [2.75, 3.05) is 5.75 Å². The maximum atomic E-state index is 13.1. The number of hydrogen-bond donors (Lipinski definition) is 1. The van der Waals surface area contributed by atoms with Gasteiger partial charge in [0.1, 0.15) is 5.82 Å². The smallest absolute Gasteiger partial charge is 0.251 e. The molecular formula is C25H20FN3O2S. The zero-order chi connectivity index (χ0) is 22.3. The number of Topliss-reactive ketones (excluding diaryl/α,β-unsaturated/α-hetero) is 1. The van der Waals surface area contributed by atoms with Crippen LogP contribution >= 0.6 is 11.8 Å². The van der Waals surface area contributed by atoms with Crippen LogP contribution in [0, 0.1) is 5.82 Å². The van der Waals surface area contributed by atoms with Crippen molar-refractivity contribution in [3.8, 4) is 5.69 Å². The normalized spacial score (nSPS) is 10.7. The molecule has 0 atom stereocenters. The van der Waals surface area contributed by atoms with Crippen molar-refractivity contribution >= 4 is 23.5 Å². The molecule has 0 spiro atoms. The molecule has 4 rings (SSSR count). The summed E-state index contributed by atoms with van der Waals surface area (Å²) in [5.74, 6) is -0.493. The molecule has 0 aliphatic carbocycles. The van der Waals surface area contributed by atoms with E-state index in [9.17, 15) is 14.0 Å². The minimum atomic E-state index is -0.377. The van der Waals surface area contributed by atoms with Crippen molar-refractivity contribution in [1.82, 2.24) is 14.9 Å². The summed E-state index contributed by atoms with van der Waals surface area (Å²) in [6.45, 7) is 0.446. The van der Waals surface area contributed by atoms with Crippen molar-refractivity contribution in [3.63, 3.8) is 0 Å². The van der Waals surface area contributed by atoms with Crippen molar-refractivity contribution in [2.24, 2.45) is 0 Å². The molecule has 4 aromatic rings. The van der Waals surface area contributed by atoms with E-state index in [0.717, 1.165) is 11.3 Å². The standard InChI is InChI=1S/C25H20FN3O2S/c26-21-11-9-19(10-12-21)23(30)17-32-25-27-13-14-29(25)22-8-4-7-20(15-22)24(31)28-16-18-5-2-1-3-6-18/h1-15H,16-17H2,(H,28,31). The van der Waals surface area contributed by atoms with Gasteiger partial charge in [-0.15, -0.1) is 0 Å². The number of amides is 1. The van der Waals surface area contributed by atoms with E-state index < -0.39 is 0 Å². The number of thioether (sulfide) groups is 1. The number of hydrogen-bond acceptors (Lipinski definition) is 4. The van der Waals surface area contributed by atoms with Gasteiger partial charge in [-0.1, -0.05) is 48.2 Å². The number of rotatable bonds is 8. The minimum absolute atomic E-state index is 0.112. The number of halogens is 1. The first-order chi connectivity index (χ1) is 15.6. The van der Waals surface area contributed by atoms with Gasteiger partial charge in [0.2, 0.25) is 0 Å². The SMILES string of the molecule is O=C(CSc1nccn1-c1cccc(C(=O)NCc2ccccc2)c1)c1ccc(F)cc1. The number of aromatic nitrogens is 2. The molecule has 32 heavy (non-hydrogen) atoms. The number of nitrogens with zero attached hydrogens (tertiary/aromatic N) is 2. The summed E-state index contributed by atoms with van der Waals surface area (Å²) < 4.78 is 14.9. The lowest BCUT2D eigenvalue weighted by molar-refractivity contribution is 0.0950. The second kappa shape index (κ2) is 10.1. The second-order valence-electron chi connectivity index (χ2n) is 7.02. The quantitative estimate of drug-likeness (QED) is 0.309. The Bertz CT molecular complexity index is 1220. The highest BCUT2D eigenvalue weighted by Gasteiger charge is 2.13. The van der Waals surface area contributed by atoms with Gasteiger partial charge >= 0.3 is 0 Å². The largest absolute Gasteiger partial charge is 0.348 e. The van der Waals surface area contributed by atoms with Crippen LogP contribution in [0.25, 0.3) is 5.69 Å². The third kappa shape index (κ3) is 5.31. The lowest BCUT2D eigenvalue weighted by atomic mass is 10.1. The summed E-state index contributed by atoms with van der Waals surface area (Å²) in [7, 11) is 0. The van der Waals surface area contributed by atoms with Gasteiger partial charge in [0.25, 0.3) is 5.91 Å². The van der Waals surface area contributed by atoms with Crippen molar-refractivity contribution in [1.29, 1.82) is 0 Å². The second-order valence-corrected chi connectivity index (χ2v) is 7.96. The molecule has 0 aliphatic heterocycles. The van der Waals surface area contributed by atoms with E-state index in [1.54, 1.807) is 24.5 Å². The fourth-order valence-electron chi connectivity index (χ4n) is 3.12. The third-order valence-corrected chi connectivity index (χ3v) is 5.75. The highest BCUT2D eigenvalue weighted by Crippen LogP contribution is 2.22. The first kappa shape index (κ1) is 21.5. The first-order valence-electron chi connectivity index (χ1n) is 9.97. The van der Waals surface area contributed by atoms with Gasteiger partial charge in [-0.25, -0.2) is 9.37 Å². The molecule has 0 saturated carbocycles. The summed E-state index contributed by atoms with van der Waals surface area (Å²) in [6.07, 6.45) is 3.43. The summed E-state index contributed by atoms with van der Waals surface area (Å²) in [4.78, 5) is 29.3. The van der Waals surface area contributed by atoms with Crippen molar-refractivity contribution in [2.45, 2.75) is 11.7 Å². The Kier molecular flexibility index (Phi) is 6.77. The van der Waals surface area contributed by atoms with Gasteiger partial charge in [-0.05, 0) is 48.0 Å². The molecule has 0 unspecified atom stereocenters. The van der Waals surface area contributed by atoms with E-state index in [2.05, 4.69) is 10.3 Å². The van der Waals surface area contributed by atoms with Crippen LogP contribution in [0.4, 0.5) is 4.39 Å². The van der Waals surface area contributed by atoms with Crippen LogP contribution in [-0.2, 0) is 6.54 Å². The molecule has 0 bridgehead atoms. The Morgan fingerprint density at radius 2 is 1.72 bits per heavy atom. The minimum Gasteiger partial charge on any atom is -0.348 e. The van der Waals surface area contributed by atoms with Crippen molar-refractivity contribution < 1.29 is 14.0 Å². The highest BCUT2D eigenvalue weighted by atomic mass is 32.2. The molecule has 1 N–H and O–H groups in total. The third-order valence-electron chi connectivity index (χ3n) is 4.79. The van der Waals surface area contributed by atoms with E-state index in [0.29, 0.717) is 22.8 Å². The van der Waals surface area contributed by atoms with Gasteiger partial charge in [0.05, 0.1) is 5.75 Å². The van der Waals surface area contributed by atoms with Crippen LogP contribution < -0.4 is 5.32 Å². The van der Waals surface area contributed by atoms with Gasteiger partial charge in [0, 0.05) is 35.8 Å². The van der Waals surface area contributed by atoms with Gasteiger partial charge in [0.15, 0.2) is 10.9 Å². The number of nitrogens with one attached hydrogen (secondary N) is 1. The first-order valence-corrected chi connectivity index (χ1v) is 11.0. The summed E-state index contributed by atoms with van der Waals surface area (Å²) >= 11 is 1.29. The van der Waals surface area contributed by atoms with Crippen LogP contribution in [0.15, 0.2) is 96.4 Å². The van der Waals surface area contributed by atoms with E-state index in [-0.39, 0.29) is 23.3 Å². The number of benzene rings is 3. The fraction of sp³-hybridized carbons (Fsp3) is 0.0800. The van der Waals surface area contributed by atoms with Gasteiger partial charge in [-0.2, -0.15) is 0 Å². The summed E-state index contributed by atoms with van der Waals surface area (Å²) in [5, 5.41) is 3.55. The van der Waals surface area contributed by atoms with Crippen LogP contribution in [0.5, 0.6) is 0 Å². The van der Waals surface area contributed by atoms with Crippen LogP contribution in [0.2, 0.25) is 0 Å². The van der Waals surface area contributed by atoms with Crippen LogP contribution in [0.3, 0.4) is 0 Å². The summed E-state index contributed by atoms with van der Waals surface area (Å²) in [6, 6.07) is 22.4. The number of carbonyl (C=O) groups excluding carboxylic acids is 2. The molecule has 3 aromatic carbocycles. The Labute approximate surface area is 189 Å². The number of ketones is 1. The lowest BCUT2D eigenvalue weighted by Gasteiger charge is -2.10. The van der Waals surface area contributed by atoms with Crippen LogP contribution in [-0.4, -0.2) is 27.0 Å². The fourth-order valence-corrected chi connectivity index (χ4v) is 3.99. The molecule has 1 amide bonds. The molecule has 1 heterocycles. The Morgan fingerprint density at radius 1 is 0.938 bits per heavy atom.